The van der Waals surface area contributed by atoms with Crippen molar-refractivity contribution < 1.29 is 5.11 Å². The molecular weight excluding hydrogens is 172 g/mol. The van der Waals surface area contributed by atoms with Gasteiger partial charge in [0.15, 0.2) is 5.88 Å². The third kappa shape index (κ3) is 2.08. The van der Waals surface area contributed by atoms with E-state index in [1.54, 1.807) is 0 Å². The maximum absolute atomic E-state index is 11.1. The van der Waals surface area contributed by atoms with Crippen LogP contribution < -0.4 is 11.2 Å². The van der Waals surface area contributed by atoms with E-state index in [0.29, 0.717) is 6.42 Å². The summed E-state index contributed by atoms with van der Waals surface area (Å²) in [5.41, 5.74) is -1.12. The van der Waals surface area contributed by atoms with Gasteiger partial charge >= 0.3 is 5.69 Å². The molecule has 1 aromatic heterocycles. The lowest BCUT2D eigenvalue weighted by Gasteiger charge is -2.00. The zero-order valence-electron chi connectivity index (χ0n) is 7.15. The van der Waals surface area contributed by atoms with Gasteiger partial charge in [-0.2, -0.15) is 0 Å². The Labute approximate surface area is 74.0 Å². The number of H-pyrrole nitrogens is 1. The van der Waals surface area contributed by atoms with Crippen LogP contribution in [0.25, 0.3) is 5.88 Å². The first kappa shape index (κ1) is 9.31. The van der Waals surface area contributed by atoms with E-state index in [0.717, 1.165) is 4.57 Å². The van der Waals surface area contributed by atoms with Crippen molar-refractivity contribution in [1.29, 1.82) is 0 Å². The number of hydrogen-bond acceptors (Lipinski definition) is 3. The van der Waals surface area contributed by atoms with E-state index in [-0.39, 0.29) is 5.88 Å². The number of nitrogens with zero attached hydrogens (tertiary/aromatic N) is 1. The van der Waals surface area contributed by atoms with Gasteiger partial charge < -0.3 is 5.11 Å². The van der Waals surface area contributed by atoms with Crippen LogP contribution in [-0.4, -0.2) is 14.7 Å². The molecule has 0 atom stereocenters. The zero-order chi connectivity index (χ0) is 9.84. The van der Waals surface area contributed by atoms with Gasteiger partial charge in [0.25, 0.3) is 5.56 Å². The highest BCUT2D eigenvalue weighted by Crippen LogP contribution is 1.94. The summed E-state index contributed by atoms with van der Waals surface area (Å²) in [6.07, 6.45) is 3.31. The molecule has 1 heterocycles. The molecule has 0 spiro atoms. The third-order valence-corrected chi connectivity index (χ3v) is 1.46. The molecule has 0 fully saturated rings. The van der Waals surface area contributed by atoms with Crippen LogP contribution >= 0.6 is 0 Å². The van der Waals surface area contributed by atoms with Gasteiger partial charge in [-0.25, -0.2) is 9.36 Å². The lowest BCUT2D eigenvalue weighted by Crippen LogP contribution is -2.28. The van der Waals surface area contributed by atoms with Crippen LogP contribution in [0.2, 0.25) is 0 Å². The molecule has 1 aromatic rings. The normalized spacial score (nSPS) is 11.6. The highest BCUT2D eigenvalue weighted by molar-refractivity contribution is 5.33. The number of rotatable bonds is 2. The van der Waals surface area contributed by atoms with Crippen molar-refractivity contribution in [3.05, 3.63) is 39.2 Å². The van der Waals surface area contributed by atoms with Crippen LogP contribution in [-0.2, 0) is 0 Å². The lowest BCUT2D eigenvalue weighted by atomic mass is 10.4. The molecule has 0 amide bonds. The van der Waals surface area contributed by atoms with Crippen LogP contribution in [0.1, 0.15) is 13.3 Å². The molecule has 0 aliphatic heterocycles. The third-order valence-electron chi connectivity index (χ3n) is 1.46. The number of hydrogen-bond donors (Lipinski definition) is 2. The topological polar surface area (TPSA) is 75.1 Å². The minimum Gasteiger partial charge on any atom is -0.494 e. The van der Waals surface area contributed by atoms with Gasteiger partial charge in [-0.1, -0.05) is 6.92 Å². The number of nitrogens with one attached hydrogen (secondary N) is 1. The van der Waals surface area contributed by atoms with Gasteiger partial charge in [0.05, 0.1) is 0 Å². The predicted octanol–water partition coefficient (Wildman–Crippen LogP) is 0.303. The van der Waals surface area contributed by atoms with Crippen molar-refractivity contribution >= 4 is 5.88 Å². The Bertz CT molecular complexity index is 428. The molecule has 13 heavy (non-hydrogen) atoms. The Hall–Kier alpha value is -1.78. The van der Waals surface area contributed by atoms with Crippen molar-refractivity contribution in [3.8, 4) is 0 Å². The van der Waals surface area contributed by atoms with Gasteiger partial charge in [-0.05, 0) is 12.5 Å². The molecule has 0 saturated carbocycles. The van der Waals surface area contributed by atoms with Gasteiger partial charge in [0.2, 0.25) is 0 Å². The fourth-order valence-corrected chi connectivity index (χ4v) is 0.879. The second-order valence-electron chi connectivity index (χ2n) is 2.45. The zero-order valence-corrected chi connectivity index (χ0v) is 7.15. The van der Waals surface area contributed by atoms with Crippen LogP contribution in [0.3, 0.4) is 0 Å². The fourth-order valence-electron chi connectivity index (χ4n) is 0.879. The smallest absolute Gasteiger partial charge is 0.335 e. The monoisotopic (exact) mass is 182 g/mol. The van der Waals surface area contributed by atoms with E-state index in [1.165, 1.54) is 18.3 Å². The number of aliphatic hydroxyl groups excluding tert-OH is 1. The number of aliphatic hydroxyl groups is 1. The van der Waals surface area contributed by atoms with E-state index < -0.39 is 11.2 Å². The molecule has 0 aromatic carbocycles. The first-order valence-electron chi connectivity index (χ1n) is 3.86. The average molecular weight is 182 g/mol. The Morgan fingerprint density at radius 3 is 2.92 bits per heavy atom. The van der Waals surface area contributed by atoms with Crippen molar-refractivity contribution in [3.63, 3.8) is 0 Å². The second kappa shape index (κ2) is 3.75. The van der Waals surface area contributed by atoms with Gasteiger partial charge in [0, 0.05) is 12.3 Å². The van der Waals surface area contributed by atoms with Crippen LogP contribution in [0.4, 0.5) is 0 Å². The molecule has 0 bridgehead atoms. The quantitative estimate of drug-likeness (QED) is 0.646. The largest absolute Gasteiger partial charge is 0.494 e. The minimum atomic E-state index is -0.644. The van der Waals surface area contributed by atoms with Gasteiger partial charge in [-0.15, -0.1) is 0 Å². The molecule has 1 rings (SSSR count). The maximum atomic E-state index is 11.1. The van der Waals surface area contributed by atoms with Crippen LogP contribution in [0, 0.1) is 0 Å². The highest BCUT2D eigenvalue weighted by atomic mass is 16.3. The van der Waals surface area contributed by atoms with E-state index in [4.69, 9.17) is 0 Å². The van der Waals surface area contributed by atoms with Crippen molar-refractivity contribution in [2.75, 3.05) is 0 Å². The molecule has 0 aliphatic carbocycles. The van der Waals surface area contributed by atoms with Crippen molar-refractivity contribution in [2.24, 2.45) is 0 Å². The summed E-state index contributed by atoms with van der Waals surface area (Å²) < 4.78 is 0.963. The standard InChI is InChI=1S/C8H10N2O3/c1-2-3-7(12)10-5-4-6(11)9-8(10)13/h3-5,12H,2H2,1H3,(H,9,11,13). The highest BCUT2D eigenvalue weighted by Gasteiger charge is 1.98. The van der Waals surface area contributed by atoms with Crippen LogP contribution in [0.15, 0.2) is 27.9 Å². The SMILES string of the molecule is CCC=C(O)n1ccc(=O)[nH]c1=O. The summed E-state index contributed by atoms with van der Waals surface area (Å²) in [7, 11) is 0. The average Bonchev–Trinajstić information content (AvgIpc) is 2.04. The molecule has 0 saturated heterocycles. The van der Waals surface area contributed by atoms with E-state index in [2.05, 4.69) is 0 Å². The van der Waals surface area contributed by atoms with Gasteiger partial charge in [0.1, 0.15) is 0 Å². The summed E-state index contributed by atoms with van der Waals surface area (Å²) in [6, 6.07) is 1.17. The molecule has 0 aliphatic rings. The summed E-state index contributed by atoms with van der Waals surface area (Å²) in [5, 5.41) is 9.29. The Morgan fingerprint density at radius 2 is 2.38 bits per heavy atom. The minimum absolute atomic E-state index is 0.177. The van der Waals surface area contributed by atoms with Crippen LogP contribution in [0.5, 0.6) is 0 Å². The maximum Gasteiger partial charge on any atom is 0.335 e. The van der Waals surface area contributed by atoms with E-state index >= 15 is 0 Å². The predicted molar refractivity (Wildman–Crippen MR) is 48.5 cm³/mol. The van der Waals surface area contributed by atoms with E-state index in [1.807, 2.05) is 11.9 Å². The summed E-state index contributed by atoms with van der Waals surface area (Å²) >= 11 is 0. The second-order valence-corrected chi connectivity index (χ2v) is 2.45. The van der Waals surface area contributed by atoms with Crippen molar-refractivity contribution in [1.82, 2.24) is 9.55 Å². The first-order chi connectivity index (χ1) is 6.15. The number of aromatic amines is 1. The number of allylic oxidation sites excluding steroid dienone is 1. The first-order valence-corrected chi connectivity index (χ1v) is 3.86. The summed E-state index contributed by atoms with van der Waals surface area (Å²) in [4.78, 5) is 23.7. The fraction of sp³-hybridized carbons (Fsp3) is 0.250. The Morgan fingerprint density at radius 1 is 1.69 bits per heavy atom. The molecule has 5 heteroatoms. The molecule has 2 N–H and O–H groups in total. The molecule has 0 unspecified atom stereocenters. The molecule has 70 valence electrons. The molecular formula is C8H10N2O3. The number of aromatic nitrogens is 2. The van der Waals surface area contributed by atoms with Gasteiger partial charge in [-0.3, -0.25) is 9.78 Å². The Kier molecular flexibility index (Phi) is 2.69. The Balaban J connectivity index is 3.24. The molecule has 0 radical (unpaired) electrons. The summed E-state index contributed by atoms with van der Waals surface area (Å²) in [5.74, 6) is -0.177. The molecule has 5 nitrogen and oxygen atoms in total. The van der Waals surface area contributed by atoms with Crippen molar-refractivity contribution in [2.45, 2.75) is 13.3 Å². The lowest BCUT2D eigenvalue weighted by molar-refractivity contribution is 0.462. The van der Waals surface area contributed by atoms with E-state index in [9.17, 15) is 14.7 Å². The summed E-state index contributed by atoms with van der Waals surface area (Å²) in [6.45, 7) is 1.83.